The van der Waals surface area contributed by atoms with E-state index in [2.05, 4.69) is 10.0 Å². The minimum absolute atomic E-state index is 0.0489. The Balaban J connectivity index is 1.81. The topological polar surface area (TPSA) is 88.4 Å². The molecule has 2 N–H and O–H groups in total. The Morgan fingerprint density at radius 2 is 1.85 bits per heavy atom. The molecule has 0 bridgehead atoms. The molecule has 0 fully saturated rings. The number of benzene rings is 2. The van der Waals surface area contributed by atoms with Gasteiger partial charge >= 0.3 is 0 Å². The number of nitrogens with one attached hydrogen (secondary N) is 2. The second-order valence-electron chi connectivity index (χ2n) is 5.52. The number of halogens is 2. The van der Waals surface area contributed by atoms with Gasteiger partial charge in [-0.2, -0.15) is 0 Å². The van der Waals surface area contributed by atoms with Crippen LogP contribution >= 0.6 is 11.6 Å². The number of carbonyl (C=O) groups excluding carboxylic acids is 1. The van der Waals surface area contributed by atoms with Crippen molar-refractivity contribution in [1.29, 1.82) is 0 Å². The molecular formula is C18H14ClFN2O4S. The lowest BCUT2D eigenvalue weighted by Crippen LogP contribution is -2.23. The predicted molar refractivity (Wildman–Crippen MR) is 98.5 cm³/mol. The molecule has 1 heterocycles. The molecule has 0 saturated heterocycles. The minimum atomic E-state index is -4.07. The van der Waals surface area contributed by atoms with Gasteiger partial charge in [0.05, 0.1) is 17.8 Å². The standard InChI is InChI=1S/C18H14ClFN2O4S/c19-16-8-3-12(18(23)21-11-15-2-1-9-26-15)10-17(16)27(24,25)22-14-6-4-13(20)5-7-14/h1-10,22H,11H2,(H,21,23). The van der Waals surface area contributed by atoms with Gasteiger partial charge in [0, 0.05) is 11.3 Å². The highest BCUT2D eigenvalue weighted by Crippen LogP contribution is 2.25. The van der Waals surface area contributed by atoms with E-state index in [-0.39, 0.29) is 27.7 Å². The van der Waals surface area contributed by atoms with E-state index in [0.29, 0.717) is 5.76 Å². The highest BCUT2D eigenvalue weighted by atomic mass is 35.5. The average molecular weight is 409 g/mol. The van der Waals surface area contributed by atoms with E-state index in [0.717, 1.165) is 12.1 Å². The Morgan fingerprint density at radius 1 is 1.11 bits per heavy atom. The zero-order chi connectivity index (χ0) is 19.4. The Bertz CT molecular complexity index is 1050. The molecule has 0 radical (unpaired) electrons. The van der Waals surface area contributed by atoms with Gasteiger partial charge in [-0.15, -0.1) is 0 Å². The number of furan rings is 1. The SMILES string of the molecule is O=C(NCc1ccco1)c1ccc(Cl)c(S(=O)(=O)Nc2ccc(F)cc2)c1. The van der Waals surface area contributed by atoms with E-state index >= 15 is 0 Å². The highest BCUT2D eigenvalue weighted by molar-refractivity contribution is 7.92. The van der Waals surface area contributed by atoms with Crippen molar-refractivity contribution >= 4 is 33.2 Å². The predicted octanol–water partition coefficient (Wildman–Crippen LogP) is 3.80. The molecule has 3 rings (SSSR count). The Labute approximate surface area is 160 Å². The lowest BCUT2D eigenvalue weighted by atomic mass is 10.2. The molecule has 1 aromatic heterocycles. The third-order valence-corrected chi connectivity index (χ3v) is 5.45. The first-order chi connectivity index (χ1) is 12.8. The fourth-order valence-corrected chi connectivity index (χ4v) is 3.85. The van der Waals surface area contributed by atoms with Crippen molar-refractivity contribution in [2.75, 3.05) is 4.72 Å². The summed E-state index contributed by atoms with van der Waals surface area (Å²) in [7, 11) is -4.07. The van der Waals surface area contributed by atoms with Crippen molar-refractivity contribution in [2.24, 2.45) is 0 Å². The van der Waals surface area contributed by atoms with Gasteiger partial charge in [-0.25, -0.2) is 12.8 Å². The first kappa shape index (κ1) is 18.9. The van der Waals surface area contributed by atoms with Gasteiger partial charge in [-0.05, 0) is 54.6 Å². The second-order valence-corrected chi connectivity index (χ2v) is 7.58. The van der Waals surface area contributed by atoms with Crippen molar-refractivity contribution in [3.8, 4) is 0 Å². The molecule has 9 heteroatoms. The summed E-state index contributed by atoms with van der Waals surface area (Å²) in [6.45, 7) is 0.157. The summed E-state index contributed by atoms with van der Waals surface area (Å²) in [5.41, 5.74) is 0.283. The van der Waals surface area contributed by atoms with Crippen LogP contribution in [0.4, 0.5) is 10.1 Å². The summed E-state index contributed by atoms with van der Waals surface area (Å²) >= 11 is 6.01. The summed E-state index contributed by atoms with van der Waals surface area (Å²) < 4.78 is 45.6. The number of anilines is 1. The molecule has 27 heavy (non-hydrogen) atoms. The maximum atomic E-state index is 13.0. The van der Waals surface area contributed by atoms with Crippen LogP contribution in [-0.2, 0) is 16.6 Å². The molecule has 0 atom stereocenters. The summed E-state index contributed by atoms with van der Waals surface area (Å²) in [6.07, 6.45) is 1.48. The van der Waals surface area contributed by atoms with Gasteiger partial charge in [-0.1, -0.05) is 11.6 Å². The maximum absolute atomic E-state index is 13.0. The molecule has 2 aromatic carbocycles. The van der Waals surface area contributed by atoms with E-state index in [1.165, 1.54) is 36.6 Å². The Hall–Kier alpha value is -2.84. The van der Waals surface area contributed by atoms with Crippen LogP contribution in [0.15, 0.2) is 70.2 Å². The van der Waals surface area contributed by atoms with Crippen molar-refractivity contribution < 1.29 is 22.0 Å². The van der Waals surface area contributed by atoms with Crippen LogP contribution in [0.2, 0.25) is 5.02 Å². The zero-order valence-corrected chi connectivity index (χ0v) is 15.4. The number of sulfonamides is 1. The minimum Gasteiger partial charge on any atom is -0.467 e. The number of hydrogen-bond donors (Lipinski definition) is 2. The van der Waals surface area contributed by atoms with E-state index in [4.69, 9.17) is 16.0 Å². The molecule has 0 saturated carbocycles. The van der Waals surface area contributed by atoms with Crippen molar-refractivity contribution in [2.45, 2.75) is 11.4 Å². The van der Waals surface area contributed by atoms with Crippen LogP contribution in [0.3, 0.4) is 0 Å². The molecule has 0 unspecified atom stereocenters. The van der Waals surface area contributed by atoms with Crippen molar-refractivity contribution in [3.63, 3.8) is 0 Å². The summed E-state index contributed by atoms with van der Waals surface area (Å²) in [4.78, 5) is 12.0. The molecule has 0 aliphatic carbocycles. The second kappa shape index (κ2) is 7.81. The largest absolute Gasteiger partial charge is 0.467 e. The molecule has 140 valence electrons. The molecule has 0 aliphatic rings. The van der Waals surface area contributed by atoms with Crippen LogP contribution in [-0.4, -0.2) is 14.3 Å². The summed E-state index contributed by atoms with van der Waals surface area (Å²) in [6, 6.07) is 12.1. The lowest BCUT2D eigenvalue weighted by Gasteiger charge is -2.11. The van der Waals surface area contributed by atoms with E-state index in [1.54, 1.807) is 12.1 Å². The number of amides is 1. The van der Waals surface area contributed by atoms with E-state index < -0.39 is 21.7 Å². The third-order valence-electron chi connectivity index (χ3n) is 3.58. The van der Waals surface area contributed by atoms with Crippen LogP contribution in [0, 0.1) is 5.82 Å². The first-order valence-corrected chi connectivity index (χ1v) is 9.60. The molecule has 0 spiro atoms. The normalized spacial score (nSPS) is 11.2. The van der Waals surface area contributed by atoms with Crippen LogP contribution in [0.25, 0.3) is 0 Å². The smallest absolute Gasteiger partial charge is 0.263 e. The number of rotatable bonds is 6. The molecular weight excluding hydrogens is 395 g/mol. The molecule has 1 amide bonds. The summed E-state index contributed by atoms with van der Waals surface area (Å²) in [5.74, 6) is -0.421. The number of hydrogen-bond acceptors (Lipinski definition) is 4. The van der Waals surface area contributed by atoms with Gasteiger partial charge < -0.3 is 9.73 Å². The van der Waals surface area contributed by atoms with E-state index in [9.17, 15) is 17.6 Å². The lowest BCUT2D eigenvalue weighted by molar-refractivity contribution is 0.0948. The molecule has 3 aromatic rings. The van der Waals surface area contributed by atoms with Gasteiger partial charge in [0.1, 0.15) is 16.5 Å². The zero-order valence-electron chi connectivity index (χ0n) is 13.8. The Kier molecular flexibility index (Phi) is 5.48. The maximum Gasteiger partial charge on any atom is 0.263 e. The van der Waals surface area contributed by atoms with Crippen molar-refractivity contribution in [3.05, 3.63) is 83.0 Å². The van der Waals surface area contributed by atoms with Crippen LogP contribution in [0.5, 0.6) is 0 Å². The monoisotopic (exact) mass is 408 g/mol. The van der Waals surface area contributed by atoms with Gasteiger partial charge in [0.2, 0.25) is 0 Å². The number of carbonyl (C=O) groups is 1. The van der Waals surface area contributed by atoms with E-state index in [1.807, 2.05) is 0 Å². The van der Waals surface area contributed by atoms with Crippen molar-refractivity contribution in [1.82, 2.24) is 5.32 Å². The van der Waals surface area contributed by atoms with Gasteiger partial charge in [0.25, 0.3) is 15.9 Å². The van der Waals surface area contributed by atoms with Gasteiger partial charge in [0.15, 0.2) is 0 Å². The van der Waals surface area contributed by atoms with Crippen LogP contribution in [0.1, 0.15) is 16.1 Å². The fourth-order valence-electron chi connectivity index (χ4n) is 2.26. The first-order valence-electron chi connectivity index (χ1n) is 7.74. The highest BCUT2D eigenvalue weighted by Gasteiger charge is 2.20. The fraction of sp³-hybridized carbons (Fsp3) is 0.0556. The Morgan fingerprint density at radius 3 is 2.52 bits per heavy atom. The van der Waals surface area contributed by atoms with Crippen LogP contribution < -0.4 is 10.0 Å². The quantitative estimate of drug-likeness (QED) is 0.649. The third kappa shape index (κ3) is 4.66. The molecule has 0 aliphatic heterocycles. The average Bonchev–Trinajstić information content (AvgIpc) is 3.15. The molecule has 6 nitrogen and oxygen atoms in total. The summed E-state index contributed by atoms with van der Waals surface area (Å²) in [5, 5.41) is 2.57. The van der Waals surface area contributed by atoms with Gasteiger partial charge in [-0.3, -0.25) is 9.52 Å².